The van der Waals surface area contributed by atoms with Gasteiger partial charge in [-0.2, -0.15) is 0 Å². The molecular formula is C15H18BrN5O2. The smallest absolute Gasteiger partial charge is 0.234 e. The number of morpholine rings is 1. The largest absolute Gasteiger partial charge is 0.370 e. The second-order valence-electron chi connectivity index (χ2n) is 5.88. The fraction of sp³-hybridized carbons (Fsp3) is 0.467. The van der Waals surface area contributed by atoms with Crippen molar-refractivity contribution in [1.29, 1.82) is 0 Å². The fourth-order valence-corrected chi connectivity index (χ4v) is 3.36. The van der Waals surface area contributed by atoms with Crippen LogP contribution >= 0.6 is 15.9 Å². The standard InChI is InChI=1S/C15H18BrN5O2/c16-10-3-1-9(2-4-10)12-8-21(5-6-23-12)15-18-13-11(7-17-20-13)14(22)19-15/h1-4,11-13,17,20H,5-8H2,(H,18,19,22). The molecule has 2 fully saturated rings. The summed E-state index contributed by atoms with van der Waals surface area (Å²) in [5.41, 5.74) is 7.16. The number of fused-ring (bicyclic) bond motifs is 1. The molecule has 1 aromatic carbocycles. The Labute approximate surface area is 142 Å². The van der Waals surface area contributed by atoms with Crippen LogP contribution in [0.1, 0.15) is 11.7 Å². The molecule has 1 aromatic rings. The van der Waals surface area contributed by atoms with Gasteiger partial charge in [0.25, 0.3) is 0 Å². The van der Waals surface area contributed by atoms with E-state index in [1.165, 1.54) is 0 Å². The minimum Gasteiger partial charge on any atom is -0.370 e. The van der Waals surface area contributed by atoms with Crippen molar-refractivity contribution < 1.29 is 9.53 Å². The van der Waals surface area contributed by atoms with E-state index in [2.05, 4.69) is 54.1 Å². The van der Waals surface area contributed by atoms with E-state index in [4.69, 9.17) is 4.74 Å². The maximum atomic E-state index is 12.2. The summed E-state index contributed by atoms with van der Waals surface area (Å²) >= 11 is 3.45. The minimum atomic E-state index is -0.187. The molecule has 3 unspecified atom stereocenters. The van der Waals surface area contributed by atoms with Gasteiger partial charge in [-0.1, -0.05) is 28.1 Å². The van der Waals surface area contributed by atoms with Crippen molar-refractivity contribution in [2.45, 2.75) is 12.3 Å². The highest BCUT2D eigenvalue weighted by Gasteiger charge is 2.38. The Balaban J connectivity index is 1.51. The predicted molar refractivity (Wildman–Crippen MR) is 88.4 cm³/mol. The molecule has 8 heteroatoms. The highest BCUT2D eigenvalue weighted by atomic mass is 79.9. The van der Waals surface area contributed by atoms with Crippen LogP contribution < -0.4 is 16.2 Å². The molecular weight excluding hydrogens is 362 g/mol. The van der Waals surface area contributed by atoms with Gasteiger partial charge < -0.3 is 9.64 Å². The van der Waals surface area contributed by atoms with Gasteiger partial charge in [-0.3, -0.25) is 15.5 Å². The van der Waals surface area contributed by atoms with E-state index in [0.29, 0.717) is 25.7 Å². The number of guanidine groups is 1. The lowest BCUT2D eigenvalue weighted by atomic mass is 10.1. The summed E-state index contributed by atoms with van der Waals surface area (Å²) in [4.78, 5) is 18.9. The molecule has 122 valence electrons. The summed E-state index contributed by atoms with van der Waals surface area (Å²) in [6.45, 7) is 2.61. The lowest BCUT2D eigenvalue weighted by Gasteiger charge is -2.37. The Hall–Kier alpha value is -1.48. The summed E-state index contributed by atoms with van der Waals surface area (Å²) in [7, 11) is 0. The SMILES string of the molecule is O=C1NC(N2CCOC(c3ccc(Br)cc3)C2)=NC2NNCC12. The maximum Gasteiger partial charge on any atom is 0.234 e. The Morgan fingerprint density at radius 2 is 2.13 bits per heavy atom. The monoisotopic (exact) mass is 379 g/mol. The fourth-order valence-electron chi connectivity index (χ4n) is 3.09. The molecule has 0 aromatic heterocycles. The molecule has 0 bridgehead atoms. The van der Waals surface area contributed by atoms with E-state index >= 15 is 0 Å². The molecule has 0 aliphatic carbocycles. The predicted octanol–water partition coefficient (Wildman–Crippen LogP) is 0.358. The Morgan fingerprint density at radius 3 is 2.96 bits per heavy atom. The quantitative estimate of drug-likeness (QED) is 0.656. The van der Waals surface area contributed by atoms with E-state index in [1.54, 1.807) is 0 Å². The molecule has 3 N–H and O–H groups in total. The lowest BCUT2D eigenvalue weighted by molar-refractivity contribution is -0.124. The second-order valence-corrected chi connectivity index (χ2v) is 6.79. The first-order valence-electron chi connectivity index (χ1n) is 7.70. The molecule has 3 heterocycles. The van der Waals surface area contributed by atoms with Crippen molar-refractivity contribution in [2.75, 3.05) is 26.2 Å². The molecule has 0 spiro atoms. The van der Waals surface area contributed by atoms with E-state index < -0.39 is 0 Å². The topological polar surface area (TPSA) is 78.0 Å². The van der Waals surface area contributed by atoms with Gasteiger partial charge in [0.05, 0.1) is 19.1 Å². The third-order valence-electron chi connectivity index (χ3n) is 4.39. The van der Waals surface area contributed by atoms with Crippen molar-refractivity contribution in [1.82, 2.24) is 21.1 Å². The number of amides is 1. The van der Waals surface area contributed by atoms with Gasteiger partial charge in [0.1, 0.15) is 12.3 Å². The van der Waals surface area contributed by atoms with Crippen LogP contribution in [0.15, 0.2) is 33.7 Å². The number of hydrogen-bond acceptors (Lipinski definition) is 6. The summed E-state index contributed by atoms with van der Waals surface area (Å²) in [5, 5.41) is 2.93. The van der Waals surface area contributed by atoms with Crippen molar-refractivity contribution in [3.63, 3.8) is 0 Å². The van der Waals surface area contributed by atoms with E-state index in [1.807, 2.05) is 12.1 Å². The maximum absolute atomic E-state index is 12.2. The molecule has 3 aliphatic heterocycles. The summed E-state index contributed by atoms with van der Waals surface area (Å²) in [5.74, 6) is 0.518. The molecule has 23 heavy (non-hydrogen) atoms. The molecule has 4 rings (SSSR count). The zero-order valence-corrected chi connectivity index (χ0v) is 14.0. The van der Waals surface area contributed by atoms with Crippen LogP contribution in [-0.2, 0) is 9.53 Å². The third-order valence-corrected chi connectivity index (χ3v) is 4.92. The van der Waals surface area contributed by atoms with Gasteiger partial charge in [0.2, 0.25) is 11.9 Å². The number of carbonyl (C=O) groups is 1. The van der Waals surface area contributed by atoms with Crippen molar-refractivity contribution >= 4 is 27.8 Å². The third kappa shape index (κ3) is 2.99. The van der Waals surface area contributed by atoms with Gasteiger partial charge in [0, 0.05) is 17.6 Å². The van der Waals surface area contributed by atoms with Crippen molar-refractivity contribution in [3.8, 4) is 0 Å². The highest BCUT2D eigenvalue weighted by Crippen LogP contribution is 2.25. The van der Waals surface area contributed by atoms with Crippen molar-refractivity contribution in [2.24, 2.45) is 10.9 Å². The summed E-state index contributed by atoms with van der Waals surface area (Å²) in [6.07, 6.45) is -0.212. The zero-order chi connectivity index (χ0) is 15.8. The normalized spacial score (nSPS) is 30.7. The number of halogens is 1. The average molecular weight is 380 g/mol. The Kier molecular flexibility index (Phi) is 4.06. The number of aliphatic imine (C=N–C) groups is 1. The number of rotatable bonds is 1. The molecule has 1 amide bonds. The highest BCUT2D eigenvalue weighted by molar-refractivity contribution is 9.10. The summed E-state index contributed by atoms with van der Waals surface area (Å²) < 4.78 is 6.93. The van der Waals surface area contributed by atoms with Crippen LogP contribution in [0.25, 0.3) is 0 Å². The molecule has 3 atom stereocenters. The van der Waals surface area contributed by atoms with Gasteiger partial charge in [-0.25, -0.2) is 10.4 Å². The van der Waals surface area contributed by atoms with Crippen LogP contribution in [-0.4, -0.2) is 49.2 Å². The van der Waals surface area contributed by atoms with Crippen LogP contribution in [0.5, 0.6) is 0 Å². The van der Waals surface area contributed by atoms with Crippen LogP contribution in [0.4, 0.5) is 0 Å². The first-order chi connectivity index (χ1) is 11.2. The Bertz CT molecular complexity index is 635. The van der Waals surface area contributed by atoms with Gasteiger partial charge >= 0.3 is 0 Å². The van der Waals surface area contributed by atoms with Gasteiger partial charge in [0.15, 0.2) is 0 Å². The molecule has 0 saturated carbocycles. The number of ether oxygens (including phenoxy) is 1. The number of benzene rings is 1. The van der Waals surface area contributed by atoms with Crippen LogP contribution in [0.2, 0.25) is 0 Å². The average Bonchev–Trinajstić information content (AvgIpc) is 3.05. The van der Waals surface area contributed by atoms with E-state index in [0.717, 1.165) is 16.6 Å². The van der Waals surface area contributed by atoms with Gasteiger partial charge in [-0.05, 0) is 17.7 Å². The number of nitrogens with zero attached hydrogens (tertiary/aromatic N) is 2. The number of carbonyl (C=O) groups excluding carboxylic acids is 1. The van der Waals surface area contributed by atoms with Crippen molar-refractivity contribution in [3.05, 3.63) is 34.3 Å². The second kappa shape index (κ2) is 6.20. The van der Waals surface area contributed by atoms with E-state index in [-0.39, 0.29) is 24.1 Å². The van der Waals surface area contributed by atoms with Crippen LogP contribution in [0, 0.1) is 5.92 Å². The lowest BCUT2D eigenvalue weighted by Crippen LogP contribution is -2.56. The van der Waals surface area contributed by atoms with Gasteiger partial charge in [-0.15, -0.1) is 0 Å². The number of hydrazine groups is 1. The minimum absolute atomic E-state index is 0.0178. The summed E-state index contributed by atoms with van der Waals surface area (Å²) in [6, 6.07) is 8.13. The molecule has 7 nitrogen and oxygen atoms in total. The Morgan fingerprint density at radius 1 is 1.30 bits per heavy atom. The number of hydrogen-bond donors (Lipinski definition) is 3. The molecule has 0 radical (unpaired) electrons. The zero-order valence-electron chi connectivity index (χ0n) is 12.5. The molecule has 2 saturated heterocycles. The number of nitrogens with one attached hydrogen (secondary N) is 3. The van der Waals surface area contributed by atoms with E-state index in [9.17, 15) is 4.79 Å². The first-order valence-corrected chi connectivity index (χ1v) is 8.49. The van der Waals surface area contributed by atoms with Crippen LogP contribution in [0.3, 0.4) is 0 Å². The molecule has 3 aliphatic rings. The first kappa shape index (κ1) is 15.1.